The summed E-state index contributed by atoms with van der Waals surface area (Å²) in [6, 6.07) is 0.337. The van der Waals surface area contributed by atoms with Gasteiger partial charge in [0.25, 0.3) is 0 Å². The van der Waals surface area contributed by atoms with Crippen LogP contribution in [0.1, 0.15) is 27.7 Å². The zero-order valence-corrected chi connectivity index (χ0v) is 7.92. The van der Waals surface area contributed by atoms with E-state index in [1.165, 1.54) is 0 Å². The SMILES string of the molecule is CCOC(C)C1C(N)C1(C)C. The molecule has 0 heterocycles. The van der Waals surface area contributed by atoms with Gasteiger partial charge in [0.1, 0.15) is 0 Å². The van der Waals surface area contributed by atoms with Crippen LogP contribution < -0.4 is 5.73 Å². The Morgan fingerprint density at radius 3 is 2.27 bits per heavy atom. The van der Waals surface area contributed by atoms with Gasteiger partial charge in [-0.15, -0.1) is 0 Å². The first-order chi connectivity index (χ1) is 5.01. The molecule has 0 aromatic rings. The van der Waals surface area contributed by atoms with Crippen molar-refractivity contribution in [3.05, 3.63) is 0 Å². The lowest BCUT2D eigenvalue weighted by molar-refractivity contribution is 0.0517. The van der Waals surface area contributed by atoms with E-state index in [2.05, 4.69) is 20.8 Å². The van der Waals surface area contributed by atoms with Crippen LogP contribution in [-0.2, 0) is 4.74 Å². The molecule has 2 N–H and O–H groups in total. The number of hydrogen-bond donors (Lipinski definition) is 1. The highest BCUT2D eigenvalue weighted by Gasteiger charge is 2.58. The van der Waals surface area contributed by atoms with Crippen LogP contribution in [0, 0.1) is 11.3 Å². The molecule has 3 unspecified atom stereocenters. The molecule has 66 valence electrons. The molecule has 11 heavy (non-hydrogen) atoms. The maximum absolute atomic E-state index is 5.90. The lowest BCUT2D eigenvalue weighted by atomic mass is 10.1. The molecule has 1 rings (SSSR count). The molecule has 2 heteroatoms. The molecule has 0 aromatic carbocycles. The summed E-state index contributed by atoms with van der Waals surface area (Å²) < 4.78 is 5.49. The highest BCUT2D eigenvalue weighted by molar-refractivity contribution is 5.11. The smallest absolute Gasteiger partial charge is 0.0595 e. The van der Waals surface area contributed by atoms with Crippen molar-refractivity contribution >= 4 is 0 Å². The molecule has 0 aliphatic heterocycles. The van der Waals surface area contributed by atoms with Crippen molar-refractivity contribution in [3.63, 3.8) is 0 Å². The third kappa shape index (κ3) is 1.42. The molecule has 1 aliphatic carbocycles. The van der Waals surface area contributed by atoms with Gasteiger partial charge in [0.2, 0.25) is 0 Å². The molecule has 0 amide bonds. The van der Waals surface area contributed by atoms with Crippen molar-refractivity contribution in [1.82, 2.24) is 0 Å². The normalized spacial score (nSPS) is 36.8. The Bertz CT molecular complexity index is 144. The third-order valence-electron chi connectivity index (χ3n) is 2.93. The maximum atomic E-state index is 5.90. The summed E-state index contributed by atoms with van der Waals surface area (Å²) in [6.07, 6.45) is 0.324. The van der Waals surface area contributed by atoms with Crippen LogP contribution in [0.2, 0.25) is 0 Å². The van der Waals surface area contributed by atoms with E-state index in [4.69, 9.17) is 10.5 Å². The summed E-state index contributed by atoms with van der Waals surface area (Å²) >= 11 is 0. The lowest BCUT2D eigenvalue weighted by Crippen LogP contribution is -2.16. The van der Waals surface area contributed by atoms with Crippen LogP contribution in [0.4, 0.5) is 0 Å². The van der Waals surface area contributed by atoms with E-state index >= 15 is 0 Å². The first kappa shape index (κ1) is 9.01. The van der Waals surface area contributed by atoms with Crippen molar-refractivity contribution in [3.8, 4) is 0 Å². The zero-order valence-electron chi connectivity index (χ0n) is 7.92. The molecular formula is C9H19NO. The van der Waals surface area contributed by atoms with E-state index in [-0.39, 0.29) is 0 Å². The van der Waals surface area contributed by atoms with Gasteiger partial charge in [-0.05, 0) is 19.3 Å². The first-order valence-electron chi connectivity index (χ1n) is 4.39. The summed E-state index contributed by atoms with van der Waals surface area (Å²) in [5.41, 5.74) is 6.20. The average molecular weight is 157 g/mol. The van der Waals surface area contributed by atoms with Gasteiger partial charge in [-0.1, -0.05) is 13.8 Å². The highest BCUT2D eigenvalue weighted by Crippen LogP contribution is 2.52. The molecule has 0 spiro atoms. The van der Waals surface area contributed by atoms with E-state index < -0.39 is 0 Å². The molecule has 1 aliphatic rings. The van der Waals surface area contributed by atoms with Crippen LogP contribution in [0.5, 0.6) is 0 Å². The molecule has 0 aromatic heterocycles. The topological polar surface area (TPSA) is 35.2 Å². The fourth-order valence-corrected chi connectivity index (χ4v) is 1.98. The second kappa shape index (κ2) is 2.76. The molecular weight excluding hydrogens is 138 g/mol. The number of ether oxygens (including phenoxy) is 1. The van der Waals surface area contributed by atoms with Crippen LogP contribution >= 0.6 is 0 Å². The van der Waals surface area contributed by atoms with Crippen LogP contribution in [0.15, 0.2) is 0 Å². The van der Waals surface area contributed by atoms with Crippen molar-refractivity contribution in [1.29, 1.82) is 0 Å². The molecule has 2 nitrogen and oxygen atoms in total. The summed E-state index contributed by atoms with van der Waals surface area (Å²) in [6.45, 7) is 9.34. The van der Waals surface area contributed by atoms with Gasteiger partial charge in [-0.3, -0.25) is 0 Å². The van der Waals surface area contributed by atoms with Gasteiger partial charge in [-0.2, -0.15) is 0 Å². The molecule has 1 saturated carbocycles. The van der Waals surface area contributed by atoms with Crippen molar-refractivity contribution in [2.45, 2.75) is 39.8 Å². The van der Waals surface area contributed by atoms with Gasteiger partial charge in [-0.25, -0.2) is 0 Å². The highest BCUT2D eigenvalue weighted by atomic mass is 16.5. The third-order valence-corrected chi connectivity index (χ3v) is 2.93. The van der Waals surface area contributed by atoms with Crippen LogP contribution in [0.25, 0.3) is 0 Å². The van der Waals surface area contributed by atoms with Gasteiger partial charge < -0.3 is 10.5 Å². The van der Waals surface area contributed by atoms with Crippen molar-refractivity contribution < 1.29 is 4.74 Å². The van der Waals surface area contributed by atoms with Gasteiger partial charge in [0, 0.05) is 18.6 Å². The Balaban J connectivity index is 2.40. The van der Waals surface area contributed by atoms with Crippen LogP contribution in [-0.4, -0.2) is 18.8 Å². The van der Waals surface area contributed by atoms with Crippen molar-refractivity contribution in [2.75, 3.05) is 6.61 Å². The Hall–Kier alpha value is -0.0800. The van der Waals surface area contributed by atoms with Gasteiger partial charge in [0.15, 0.2) is 0 Å². The summed E-state index contributed by atoms with van der Waals surface area (Å²) in [4.78, 5) is 0. The first-order valence-corrected chi connectivity index (χ1v) is 4.39. The van der Waals surface area contributed by atoms with E-state index in [0.29, 0.717) is 23.5 Å². The average Bonchev–Trinajstić information content (AvgIpc) is 2.34. The Labute approximate surface area is 69.1 Å². The Morgan fingerprint density at radius 1 is 1.55 bits per heavy atom. The Morgan fingerprint density at radius 2 is 2.00 bits per heavy atom. The molecule has 0 saturated heterocycles. The monoisotopic (exact) mass is 157 g/mol. The van der Waals surface area contributed by atoms with E-state index in [1.807, 2.05) is 6.92 Å². The fourth-order valence-electron chi connectivity index (χ4n) is 1.98. The molecule has 3 atom stereocenters. The summed E-state index contributed by atoms with van der Waals surface area (Å²) in [7, 11) is 0. The second-order valence-electron chi connectivity index (χ2n) is 4.03. The second-order valence-corrected chi connectivity index (χ2v) is 4.03. The zero-order chi connectivity index (χ0) is 8.65. The number of rotatable bonds is 3. The van der Waals surface area contributed by atoms with Gasteiger partial charge in [0.05, 0.1) is 6.10 Å². The number of nitrogens with two attached hydrogens (primary N) is 1. The summed E-state index contributed by atoms with van der Waals surface area (Å²) in [5, 5.41) is 0. The molecule has 0 radical (unpaired) electrons. The molecule has 0 bridgehead atoms. The van der Waals surface area contributed by atoms with E-state index in [1.54, 1.807) is 0 Å². The maximum Gasteiger partial charge on any atom is 0.0595 e. The minimum Gasteiger partial charge on any atom is -0.378 e. The predicted octanol–water partition coefficient (Wildman–Crippen LogP) is 1.39. The molecule has 1 fully saturated rings. The number of hydrogen-bond acceptors (Lipinski definition) is 2. The minimum absolute atomic E-state index is 0.300. The standard InChI is InChI=1S/C9H19NO/c1-5-11-6(2)7-8(10)9(7,3)4/h6-8H,5,10H2,1-4H3. The van der Waals surface area contributed by atoms with E-state index in [9.17, 15) is 0 Å². The van der Waals surface area contributed by atoms with Crippen molar-refractivity contribution in [2.24, 2.45) is 17.1 Å². The quantitative estimate of drug-likeness (QED) is 0.672. The Kier molecular flexibility index (Phi) is 2.26. The van der Waals surface area contributed by atoms with Gasteiger partial charge >= 0.3 is 0 Å². The lowest BCUT2D eigenvalue weighted by Gasteiger charge is -2.12. The minimum atomic E-state index is 0.300. The van der Waals surface area contributed by atoms with Crippen LogP contribution in [0.3, 0.4) is 0 Å². The predicted molar refractivity (Wildman–Crippen MR) is 46.3 cm³/mol. The fraction of sp³-hybridized carbons (Fsp3) is 1.00. The largest absolute Gasteiger partial charge is 0.378 e. The summed E-state index contributed by atoms with van der Waals surface area (Å²) in [5.74, 6) is 0.558. The van der Waals surface area contributed by atoms with E-state index in [0.717, 1.165) is 6.61 Å².